The normalized spacial score (nSPS) is 10.4. The summed E-state index contributed by atoms with van der Waals surface area (Å²) in [6, 6.07) is 8.17. The number of hydrogen-bond donors (Lipinski definition) is 2. The Morgan fingerprint density at radius 2 is 2.00 bits per heavy atom. The van der Waals surface area contributed by atoms with Crippen LogP contribution < -0.4 is 10.6 Å². The molecular formula is C13H19BrIN3. The fourth-order valence-electron chi connectivity index (χ4n) is 1.27. The summed E-state index contributed by atoms with van der Waals surface area (Å²) in [4.78, 5) is 4.48. The Balaban J connectivity index is 0.00000289. The van der Waals surface area contributed by atoms with Crippen molar-refractivity contribution < 1.29 is 0 Å². The van der Waals surface area contributed by atoms with Crippen molar-refractivity contribution in [2.75, 3.05) is 13.1 Å². The summed E-state index contributed by atoms with van der Waals surface area (Å²) in [6.07, 6.45) is 1.81. The van der Waals surface area contributed by atoms with Gasteiger partial charge in [0.05, 0.1) is 6.54 Å². The zero-order valence-corrected chi connectivity index (χ0v) is 14.4. The maximum Gasteiger partial charge on any atom is 0.191 e. The molecule has 5 heteroatoms. The lowest BCUT2D eigenvalue weighted by Crippen LogP contribution is -2.37. The Morgan fingerprint density at radius 3 is 2.56 bits per heavy atom. The minimum absolute atomic E-state index is 0. The van der Waals surface area contributed by atoms with E-state index in [4.69, 9.17) is 0 Å². The number of rotatable bonds is 5. The highest BCUT2D eigenvalue weighted by Gasteiger charge is 1.95. The van der Waals surface area contributed by atoms with Crippen molar-refractivity contribution in [3.63, 3.8) is 0 Å². The second-order valence-electron chi connectivity index (χ2n) is 3.49. The van der Waals surface area contributed by atoms with Crippen molar-refractivity contribution >= 4 is 45.9 Å². The van der Waals surface area contributed by atoms with E-state index in [1.54, 1.807) is 0 Å². The second kappa shape index (κ2) is 10.4. The number of halogens is 2. The fraction of sp³-hybridized carbons (Fsp3) is 0.308. The largest absolute Gasteiger partial charge is 0.357 e. The third kappa shape index (κ3) is 7.00. The summed E-state index contributed by atoms with van der Waals surface area (Å²) in [5.74, 6) is 0.815. The highest BCUT2D eigenvalue weighted by Crippen LogP contribution is 2.10. The first-order chi connectivity index (χ1) is 8.26. The molecule has 0 bridgehead atoms. The SMILES string of the molecule is C=CCNC(=NCc1ccc(Br)cc1)NCC.I. The van der Waals surface area contributed by atoms with Gasteiger partial charge in [-0.1, -0.05) is 34.1 Å². The first kappa shape index (κ1) is 17.4. The van der Waals surface area contributed by atoms with Crippen molar-refractivity contribution in [3.8, 4) is 0 Å². The fourth-order valence-corrected chi connectivity index (χ4v) is 1.54. The second-order valence-corrected chi connectivity index (χ2v) is 4.41. The van der Waals surface area contributed by atoms with E-state index in [2.05, 4.69) is 50.3 Å². The number of hydrogen-bond acceptors (Lipinski definition) is 1. The molecule has 0 saturated heterocycles. The average molecular weight is 424 g/mol. The molecule has 0 radical (unpaired) electrons. The van der Waals surface area contributed by atoms with Gasteiger partial charge in [0.25, 0.3) is 0 Å². The molecule has 0 amide bonds. The Hall–Kier alpha value is -0.560. The van der Waals surface area contributed by atoms with Gasteiger partial charge in [-0.05, 0) is 24.6 Å². The van der Waals surface area contributed by atoms with Gasteiger partial charge in [-0.25, -0.2) is 4.99 Å². The number of guanidine groups is 1. The zero-order chi connectivity index (χ0) is 12.5. The highest BCUT2D eigenvalue weighted by molar-refractivity contribution is 14.0. The Kier molecular flexibility index (Phi) is 10.0. The van der Waals surface area contributed by atoms with Gasteiger partial charge in [0.15, 0.2) is 5.96 Å². The van der Waals surface area contributed by atoms with Gasteiger partial charge in [0, 0.05) is 17.6 Å². The maximum atomic E-state index is 4.48. The van der Waals surface area contributed by atoms with Crippen molar-refractivity contribution in [2.24, 2.45) is 4.99 Å². The summed E-state index contributed by atoms with van der Waals surface area (Å²) in [5, 5.41) is 6.34. The first-order valence-electron chi connectivity index (χ1n) is 5.63. The molecular weight excluding hydrogens is 405 g/mol. The van der Waals surface area contributed by atoms with Crippen molar-refractivity contribution in [1.29, 1.82) is 0 Å². The highest BCUT2D eigenvalue weighted by atomic mass is 127. The summed E-state index contributed by atoms with van der Waals surface area (Å²) in [7, 11) is 0. The minimum Gasteiger partial charge on any atom is -0.357 e. The Labute approximate surface area is 134 Å². The van der Waals surface area contributed by atoms with Crippen LogP contribution in [0.2, 0.25) is 0 Å². The van der Waals surface area contributed by atoms with E-state index in [0.717, 1.165) is 17.0 Å². The van der Waals surface area contributed by atoms with Crippen LogP contribution >= 0.6 is 39.9 Å². The van der Waals surface area contributed by atoms with Crippen LogP contribution in [0.15, 0.2) is 46.4 Å². The molecule has 0 heterocycles. The lowest BCUT2D eigenvalue weighted by Gasteiger charge is -2.09. The summed E-state index contributed by atoms with van der Waals surface area (Å²) in [6.45, 7) is 7.95. The topological polar surface area (TPSA) is 36.4 Å². The first-order valence-corrected chi connectivity index (χ1v) is 6.43. The number of aliphatic imine (C=N–C) groups is 1. The molecule has 0 aliphatic rings. The van der Waals surface area contributed by atoms with Gasteiger partial charge in [-0.2, -0.15) is 0 Å². The molecule has 1 aromatic rings. The molecule has 100 valence electrons. The van der Waals surface area contributed by atoms with Crippen molar-refractivity contribution in [1.82, 2.24) is 10.6 Å². The number of nitrogens with zero attached hydrogens (tertiary/aromatic N) is 1. The lowest BCUT2D eigenvalue weighted by molar-refractivity contribution is 0.860. The van der Waals surface area contributed by atoms with Gasteiger partial charge in [-0.15, -0.1) is 30.6 Å². The van der Waals surface area contributed by atoms with E-state index < -0.39 is 0 Å². The molecule has 18 heavy (non-hydrogen) atoms. The van der Waals surface area contributed by atoms with Crippen LogP contribution in [0.5, 0.6) is 0 Å². The molecule has 0 aromatic heterocycles. The summed E-state index contributed by atoms with van der Waals surface area (Å²) >= 11 is 3.41. The minimum atomic E-state index is 0. The predicted octanol–water partition coefficient (Wildman–Crippen LogP) is 3.31. The monoisotopic (exact) mass is 423 g/mol. The van der Waals surface area contributed by atoms with Gasteiger partial charge in [0.1, 0.15) is 0 Å². The van der Waals surface area contributed by atoms with Gasteiger partial charge >= 0.3 is 0 Å². The van der Waals surface area contributed by atoms with E-state index in [1.807, 2.05) is 25.1 Å². The van der Waals surface area contributed by atoms with Crippen LogP contribution in [-0.4, -0.2) is 19.0 Å². The molecule has 0 atom stereocenters. The quantitative estimate of drug-likeness (QED) is 0.330. The third-order valence-electron chi connectivity index (χ3n) is 2.09. The van der Waals surface area contributed by atoms with E-state index >= 15 is 0 Å². The van der Waals surface area contributed by atoms with Crippen LogP contribution in [0.3, 0.4) is 0 Å². The van der Waals surface area contributed by atoms with E-state index in [-0.39, 0.29) is 24.0 Å². The van der Waals surface area contributed by atoms with Gasteiger partial charge in [-0.3, -0.25) is 0 Å². The zero-order valence-electron chi connectivity index (χ0n) is 10.4. The molecule has 1 rings (SSSR count). The van der Waals surface area contributed by atoms with Crippen molar-refractivity contribution in [3.05, 3.63) is 47.0 Å². The van der Waals surface area contributed by atoms with Crippen LogP contribution in [0.25, 0.3) is 0 Å². The van der Waals surface area contributed by atoms with E-state index in [1.165, 1.54) is 5.56 Å². The van der Waals surface area contributed by atoms with Crippen molar-refractivity contribution in [2.45, 2.75) is 13.5 Å². The predicted molar refractivity (Wildman–Crippen MR) is 92.6 cm³/mol. The third-order valence-corrected chi connectivity index (χ3v) is 2.62. The standard InChI is InChI=1S/C13H18BrN3.HI/c1-3-9-16-13(15-4-2)17-10-11-5-7-12(14)8-6-11;/h3,5-8H,1,4,9-10H2,2H3,(H2,15,16,17);1H. The summed E-state index contributed by atoms with van der Waals surface area (Å²) in [5.41, 5.74) is 1.18. The molecule has 0 unspecified atom stereocenters. The molecule has 0 aliphatic carbocycles. The molecule has 3 nitrogen and oxygen atoms in total. The van der Waals surface area contributed by atoms with Gasteiger partial charge in [0.2, 0.25) is 0 Å². The number of nitrogens with one attached hydrogen (secondary N) is 2. The molecule has 1 aromatic carbocycles. The molecule has 0 aliphatic heterocycles. The number of benzene rings is 1. The Morgan fingerprint density at radius 1 is 1.33 bits per heavy atom. The summed E-state index contributed by atoms with van der Waals surface area (Å²) < 4.78 is 1.09. The maximum absolute atomic E-state index is 4.48. The van der Waals surface area contributed by atoms with Crippen LogP contribution in [0.4, 0.5) is 0 Å². The lowest BCUT2D eigenvalue weighted by atomic mass is 10.2. The van der Waals surface area contributed by atoms with Crippen LogP contribution in [-0.2, 0) is 6.54 Å². The van der Waals surface area contributed by atoms with Gasteiger partial charge < -0.3 is 10.6 Å². The molecule has 0 fully saturated rings. The van der Waals surface area contributed by atoms with E-state index in [0.29, 0.717) is 13.1 Å². The van der Waals surface area contributed by atoms with E-state index in [9.17, 15) is 0 Å². The molecule has 0 spiro atoms. The van der Waals surface area contributed by atoms with Crippen LogP contribution in [0.1, 0.15) is 12.5 Å². The molecule has 2 N–H and O–H groups in total. The Bertz CT molecular complexity index is 376. The molecule has 0 saturated carbocycles. The van der Waals surface area contributed by atoms with Crippen LogP contribution in [0, 0.1) is 0 Å². The average Bonchev–Trinajstić information content (AvgIpc) is 2.35. The smallest absolute Gasteiger partial charge is 0.191 e.